The van der Waals surface area contributed by atoms with E-state index in [2.05, 4.69) is 55.1 Å². The largest absolute Gasteiger partial charge is 0.417 e. The molecule has 1 aliphatic rings. The van der Waals surface area contributed by atoms with Gasteiger partial charge >= 0.3 is 12.4 Å². The summed E-state index contributed by atoms with van der Waals surface area (Å²) >= 11 is 3.17. The van der Waals surface area contributed by atoms with Crippen LogP contribution in [0.4, 0.5) is 30.7 Å². The summed E-state index contributed by atoms with van der Waals surface area (Å²) in [5, 5.41) is 3.21. The lowest BCUT2D eigenvalue weighted by molar-refractivity contribution is -0.143. The summed E-state index contributed by atoms with van der Waals surface area (Å²) in [5.41, 5.74) is -4.01. The van der Waals surface area contributed by atoms with Crippen LogP contribution in [0.3, 0.4) is 0 Å². The van der Waals surface area contributed by atoms with Gasteiger partial charge in [0.15, 0.2) is 14.1 Å². The number of benzene rings is 2. The molecule has 2 aromatic carbocycles. The lowest BCUT2D eigenvalue weighted by Crippen LogP contribution is -2.43. The van der Waals surface area contributed by atoms with Crippen molar-refractivity contribution in [3.05, 3.63) is 68.9 Å². The molecule has 1 N–H and O–H groups in total. The molecule has 0 aromatic heterocycles. The molecule has 216 valence electrons. The minimum absolute atomic E-state index is 0.00220. The van der Waals surface area contributed by atoms with E-state index in [0.29, 0.717) is 30.7 Å². The lowest BCUT2D eigenvalue weighted by Gasteiger charge is -2.38. The fourth-order valence-electron chi connectivity index (χ4n) is 4.45. The van der Waals surface area contributed by atoms with Crippen molar-refractivity contribution < 1.29 is 40.0 Å². The lowest BCUT2D eigenvalue weighted by atomic mass is 9.81. The molecule has 3 rings (SSSR count). The van der Waals surface area contributed by atoms with Gasteiger partial charge in [-0.15, -0.1) is 0 Å². The maximum Gasteiger partial charge on any atom is 0.416 e. The van der Waals surface area contributed by atoms with E-state index in [4.69, 9.17) is 4.43 Å². The van der Waals surface area contributed by atoms with Gasteiger partial charge in [-0.05, 0) is 82.8 Å². The highest BCUT2D eigenvalue weighted by atomic mass is 79.9. The molecule has 0 spiro atoms. The number of alkyl halides is 6. The molecular formula is C27H31BrF7NO2Si. The summed E-state index contributed by atoms with van der Waals surface area (Å²) in [6, 6.07) is 5.31. The number of nitrogens with one attached hydrogen (secondary N) is 1. The maximum atomic E-state index is 14.0. The van der Waals surface area contributed by atoms with Gasteiger partial charge in [0.25, 0.3) is 0 Å². The normalized spacial score (nSPS) is 20.9. The van der Waals surface area contributed by atoms with Crippen LogP contribution in [0.2, 0.25) is 18.1 Å². The molecule has 1 heterocycles. The number of ketones is 1. The molecule has 2 aromatic rings. The van der Waals surface area contributed by atoms with Crippen LogP contribution in [0.15, 0.2) is 40.9 Å². The number of carbonyl (C=O) groups excluding carboxylic acids is 1. The number of halogens is 8. The highest BCUT2D eigenvalue weighted by molar-refractivity contribution is 9.10. The summed E-state index contributed by atoms with van der Waals surface area (Å²) in [5.74, 6) is -2.24. The molecule has 0 aliphatic carbocycles. The molecule has 0 bridgehead atoms. The van der Waals surface area contributed by atoms with Crippen LogP contribution in [0.1, 0.15) is 60.7 Å². The van der Waals surface area contributed by atoms with E-state index in [-0.39, 0.29) is 28.5 Å². The van der Waals surface area contributed by atoms with Crippen LogP contribution >= 0.6 is 15.9 Å². The molecule has 1 fully saturated rings. The maximum absolute atomic E-state index is 14.0. The van der Waals surface area contributed by atoms with Crippen LogP contribution in [0, 0.1) is 11.7 Å². The molecule has 0 radical (unpaired) electrons. The second-order valence-electron chi connectivity index (χ2n) is 11.5. The topological polar surface area (TPSA) is 38.3 Å². The first-order valence-electron chi connectivity index (χ1n) is 12.3. The number of hydrogen-bond donors (Lipinski definition) is 1. The van der Waals surface area contributed by atoms with E-state index in [0.717, 1.165) is 0 Å². The molecule has 1 saturated heterocycles. The first-order valence-corrected chi connectivity index (χ1v) is 16.0. The predicted molar refractivity (Wildman–Crippen MR) is 140 cm³/mol. The molecular weight excluding hydrogens is 611 g/mol. The molecule has 1 aliphatic heterocycles. The van der Waals surface area contributed by atoms with Crippen molar-refractivity contribution in [2.45, 2.75) is 69.6 Å². The van der Waals surface area contributed by atoms with E-state index in [1.54, 1.807) is 12.1 Å². The van der Waals surface area contributed by atoms with E-state index < -0.39 is 60.4 Å². The quantitative estimate of drug-likeness (QED) is 0.187. The van der Waals surface area contributed by atoms with Crippen molar-refractivity contribution in [3.8, 4) is 0 Å². The number of hydrogen-bond acceptors (Lipinski definition) is 3. The molecule has 0 saturated carbocycles. The van der Waals surface area contributed by atoms with Gasteiger partial charge in [-0.1, -0.05) is 26.8 Å². The highest BCUT2D eigenvalue weighted by Gasteiger charge is 2.45. The predicted octanol–water partition coefficient (Wildman–Crippen LogP) is 8.73. The standard InChI is InChI=1S/C27H31BrF7NO2Si/c1-24(2,3)39(4,5)38-9-8-25(18-6-7-22(29)21(28)13-18)14-17(15-36-25)23(37)16-10-19(26(30,31)32)12-20(11-16)27(33,34)35/h6-7,10-13,17,36H,8-9,14-15H2,1-5H3/t17-,25+/m1/s1. The Morgan fingerprint density at radius 3 is 2.08 bits per heavy atom. The van der Waals surface area contributed by atoms with Crippen molar-refractivity contribution in [2.24, 2.45) is 5.92 Å². The van der Waals surface area contributed by atoms with Crippen molar-refractivity contribution in [1.82, 2.24) is 5.32 Å². The Bertz CT molecular complexity index is 1190. The molecule has 0 unspecified atom stereocenters. The third-order valence-electron chi connectivity index (χ3n) is 7.79. The van der Waals surface area contributed by atoms with Gasteiger partial charge in [-0.3, -0.25) is 4.79 Å². The SMILES string of the molecule is CC(C)(C)[Si](C)(C)OCC[C@@]1(c2ccc(F)c(Br)c2)C[C@@H](C(=O)c2cc(C(F)(F)F)cc(C(F)(F)F)c2)CN1. The van der Waals surface area contributed by atoms with Crippen LogP contribution in [0.5, 0.6) is 0 Å². The summed E-state index contributed by atoms with van der Waals surface area (Å²) in [6.07, 6.45) is -9.68. The second kappa shape index (κ2) is 10.9. The third-order valence-corrected chi connectivity index (χ3v) is 12.9. The minimum atomic E-state index is -5.06. The van der Waals surface area contributed by atoms with E-state index in [1.165, 1.54) is 6.07 Å². The Hall–Kier alpha value is -1.76. The second-order valence-corrected chi connectivity index (χ2v) is 17.2. The van der Waals surface area contributed by atoms with Gasteiger partial charge in [0.2, 0.25) is 0 Å². The van der Waals surface area contributed by atoms with Gasteiger partial charge in [0.1, 0.15) is 5.82 Å². The van der Waals surface area contributed by atoms with Crippen molar-refractivity contribution in [2.75, 3.05) is 13.2 Å². The van der Waals surface area contributed by atoms with Crippen LogP contribution in [-0.4, -0.2) is 27.3 Å². The molecule has 0 amide bonds. The zero-order chi connectivity index (χ0) is 29.6. The fourth-order valence-corrected chi connectivity index (χ4v) is 5.87. The molecule has 12 heteroatoms. The van der Waals surface area contributed by atoms with E-state index >= 15 is 0 Å². The Morgan fingerprint density at radius 1 is 1.03 bits per heavy atom. The summed E-state index contributed by atoms with van der Waals surface area (Å²) in [7, 11) is -2.15. The Kier molecular flexibility index (Phi) is 8.88. The van der Waals surface area contributed by atoms with E-state index in [1.807, 2.05) is 0 Å². The van der Waals surface area contributed by atoms with Crippen LogP contribution < -0.4 is 5.32 Å². The van der Waals surface area contributed by atoms with Crippen LogP contribution in [-0.2, 0) is 22.3 Å². The van der Waals surface area contributed by atoms with Gasteiger partial charge in [0, 0.05) is 30.2 Å². The van der Waals surface area contributed by atoms with Gasteiger partial charge < -0.3 is 9.74 Å². The monoisotopic (exact) mass is 641 g/mol. The summed E-state index contributed by atoms with van der Waals surface area (Å²) < 4.78 is 101. The van der Waals surface area contributed by atoms with Gasteiger partial charge in [0.05, 0.1) is 15.6 Å². The Labute approximate surface area is 232 Å². The average Bonchev–Trinajstić information content (AvgIpc) is 3.23. The molecule has 3 nitrogen and oxygen atoms in total. The van der Waals surface area contributed by atoms with Crippen molar-refractivity contribution in [1.29, 1.82) is 0 Å². The van der Waals surface area contributed by atoms with E-state index in [9.17, 15) is 35.5 Å². The third kappa shape index (κ3) is 7.12. The van der Waals surface area contributed by atoms with Crippen molar-refractivity contribution >= 4 is 30.0 Å². The summed E-state index contributed by atoms with van der Waals surface area (Å²) in [6.45, 7) is 10.7. The number of carbonyl (C=O) groups is 1. The Morgan fingerprint density at radius 2 is 1.59 bits per heavy atom. The zero-order valence-corrected chi connectivity index (χ0v) is 24.8. The molecule has 2 atom stereocenters. The first-order chi connectivity index (χ1) is 17.7. The fraction of sp³-hybridized carbons (Fsp3) is 0.519. The van der Waals surface area contributed by atoms with Crippen molar-refractivity contribution in [3.63, 3.8) is 0 Å². The van der Waals surface area contributed by atoms with Crippen LogP contribution in [0.25, 0.3) is 0 Å². The first kappa shape index (κ1) is 31.8. The Balaban J connectivity index is 1.96. The highest BCUT2D eigenvalue weighted by Crippen LogP contribution is 2.43. The minimum Gasteiger partial charge on any atom is -0.417 e. The number of rotatable bonds is 7. The van der Waals surface area contributed by atoms with Gasteiger partial charge in [-0.2, -0.15) is 26.3 Å². The number of Topliss-reactive ketones (excluding diaryl/α,β-unsaturated/α-hetero) is 1. The summed E-state index contributed by atoms with van der Waals surface area (Å²) in [4.78, 5) is 13.3. The average molecular weight is 643 g/mol. The zero-order valence-electron chi connectivity index (χ0n) is 22.2. The molecule has 39 heavy (non-hydrogen) atoms. The smallest absolute Gasteiger partial charge is 0.416 e. The van der Waals surface area contributed by atoms with Gasteiger partial charge in [-0.25, -0.2) is 4.39 Å².